The Kier molecular flexibility index (Phi) is 8.43. The number of imidazole rings is 1. The Balaban J connectivity index is 1.54. The summed E-state index contributed by atoms with van der Waals surface area (Å²) in [6.45, 7) is 7.38. The fraction of sp³-hybridized carbons (Fsp3) is 0.147. The van der Waals surface area contributed by atoms with Gasteiger partial charge in [-0.3, -0.25) is 4.79 Å². The van der Waals surface area contributed by atoms with Gasteiger partial charge in [-0.1, -0.05) is 30.8 Å². The van der Waals surface area contributed by atoms with Crippen LogP contribution in [0.3, 0.4) is 0 Å². The normalized spacial score (nSPS) is 11.6. The second-order valence-corrected chi connectivity index (χ2v) is 11.9. The van der Waals surface area contributed by atoms with Crippen LogP contribution < -0.4 is 15.8 Å². The molecular weight excluding hydrogens is 646 g/mol. The van der Waals surface area contributed by atoms with Gasteiger partial charge < -0.3 is 20.4 Å². The predicted molar refractivity (Wildman–Crippen MR) is 176 cm³/mol. The van der Waals surface area contributed by atoms with Gasteiger partial charge >= 0.3 is 12.2 Å². The Morgan fingerprint density at radius 3 is 2.56 bits per heavy atom. The number of aryl methyl sites for hydroxylation is 3. The number of pyridine rings is 1. The van der Waals surface area contributed by atoms with Crippen LogP contribution in [0.2, 0.25) is 0 Å². The quantitative estimate of drug-likeness (QED) is 0.125. The molecular formula is C34H27F4N7O2S. The zero-order valence-corrected chi connectivity index (χ0v) is 26.6. The van der Waals surface area contributed by atoms with Gasteiger partial charge in [0.05, 0.1) is 10.4 Å². The molecule has 1 amide bonds. The molecule has 0 radical (unpaired) electrons. The highest BCUT2D eigenvalue weighted by Gasteiger charge is 2.37. The number of anilines is 1. The Morgan fingerprint density at radius 2 is 1.90 bits per heavy atom. The number of halogens is 4. The van der Waals surface area contributed by atoms with E-state index in [0.717, 1.165) is 21.3 Å². The fourth-order valence-electron chi connectivity index (χ4n) is 5.29. The number of hydrogen-bond donors (Lipinski definition) is 2. The topological polar surface area (TPSA) is 121 Å². The Morgan fingerprint density at radius 1 is 1.10 bits per heavy atom. The van der Waals surface area contributed by atoms with E-state index in [0.29, 0.717) is 37.3 Å². The van der Waals surface area contributed by atoms with Gasteiger partial charge in [0, 0.05) is 59.3 Å². The highest BCUT2D eigenvalue weighted by molar-refractivity contribution is 7.23. The summed E-state index contributed by atoms with van der Waals surface area (Å²) < 4.78 is 63.8. The second kappa shape index (κ2) is 12.5. The lowest BCUT2D eigenvalue weighted by Crippen LogP contribution is -2.19. The van der Waals surface area contributed by atoms with Gasteiger partial charge in [-0.15, -0.1) is 11.3 Å². The van der Waals surface area contributed by atoms with Crippen LogP contribution in [-0.4, -0.2) is 30.4 Å². The van der Waals surface area contributed by atoms with E-state index in [1.807, 2.05) is 25.1 Å². The molecule has 4 aromatic heterocycles. The van der Waals surface area contributed by atoms with Gasteiger partial charge in [-0.2, -0.15) is 13.2 Å². The van der Waals surface area contributed by atoms with Crippen LogP contribution >= 0.6 is 11.3 Å². The van der Waals surface area contributed by atoms with E-state index in [-0.39, 0.29) is 35.7 Å². The molecule has 0 aliphatic carbocycles. The van der Waals surface area contributed by atoms with Crippen molar-refractivity contribution in [3.8, 4) is 44.6 Å². The monoisotopic (exact) mass is 673 g/mol. The number of carbonyl (C=O) groups excluding carboxylic acids is 1. The number of nitrogens with zero attached hydrogens (tertiary/aromatic N) is 5. The first-order valence-corrected chi connectivity index (χ1v) is 15.2. The molecule has 0 saturated carbocycles. The van der Waals surface area contributed by atoms with Crippen LogP contribution in [0.4, 0.5) is 23.4 Å². The number of benzene rings is 2. The lowest BCUT2D eigenvalue weighted by Gasteiger charge is -2.12. The molecule has 14 heteroatoms. The number of aromatic nitrogens is 5. The first-order valence-electron chi connectivity index (χ1n) is 14.4. The molecule has 244 valence electrons. The summed E-state index contributed by atoms with van der Waals surface area (Å²) in [5, 5.41) is 3.18. The summed E-state index contributed by atoms with van der Waals surface area (Å²) in [4.78, 5) is 28.8. The van der Waals surface area contributed by atoms with Crippen molar-refractivity contribution in [3.63, 3.8) is 0 Å². The lowest BCUT2D eigenvalue weighted by atomic mass is 9.95. The first-order chi connectivity index (χ1) is 22.8. The van der Waals surface area contributed by atoms with Crippen molar-refractivity contribution < 1.29 is 27.1 Å². The average molecular weight is 674 g/mol. The van der Waals surface area contributed by atoms with Crippen LogP contribution in [0.5, 0.6) is 11.8 Å². The zero-order valence-electron chi connectivity index (χ0n) is 25.8. The summed E-state index contributed by atoms with van der Waals surface area (Å²) in [6, 6.07) is 11.7. The van der Waals surface area contributed by atoms with Crippen LogP contribution in [0.15, 0.2) is 73.7 Å². The number of alkyl halides is 3. The van der Waals surface area contributed by atoms with Crippen molar-refractivity contribution in [2.24, 2.45) is 7.05 Å². The summed E-state index contributed by atoms with van der Waals surface area (Å²) in [5.41, 5.74) is 10.9. The van der Waals surface area contributed by atoms with E-state index in [2.05, 4.69) is 31.8 Å². The number of carbonyl (C=O) groups is 1. The van der Waals surface area contributed by atoms with E-state index in [4.69, 9.17) is 10.5 Å². The van der Waals surface area contributed by atoms with E-state index < -0.39 is 17.8 Å². The molecule has 3 N–H and O–H groups in total. The van der Waals surface area contributed by atoms with Crippen LogP contribution in [0, 0.1) is 19.7 Å². The van der Waals surface area contributed by atoms with E-state index in [1.54, 1.807) is 19.1 Å². The maximum Gasteiger partial charge on any atom is 0.449 e. The summed E-state index contributed by atoms with van der Waals surface area (Å²) >= 11 is 1.28. The van der Waals surface area contributed by atoms with Gasteiger partial charge in [0.25, 0.3) is 0 Å². The van der Waals surface area contributed by atoms with Crippen molar-refractivity contribution in [2.75, 3.05) is 5.73 Å². The number of amides is 1. The van der Waals surface area contributed by atoms with E-state index in [1.165, 1.54) is 55.2 Å². The average Bonchev–Trinajstić information content (AvgIpc) is 3.63. The Bertz CT molecular complexity index is 2230. The molecule has 2 aromatic carbocycles. The first kappa shape index (κ1) is 32.3. The molecule has 0 aliphatic heterocycles. The molecule has 9 nitrogen and oxygen atoms in total. The highest BCUT2D eigenvalue weighted by Crippen LogP contribution is 2.50. The minimum absolute atomic E-state index is 0.0185. The summed E-state index contributed by atoms with van der Waals surface area (Å²) in [7, 11) is 1.27. The maximum atomic E-state index is 15.7. The molecule has 0 saturated heterocycles. The number of rotatable bonds is 8. The molecule has 6 aromatic rings. The molecule has 4 heterocycles. The standard InChI is InChI=1S/C34H27F4N7O2S/c1-5-26(46)41-14-19-6-8-21(17(2)12-19)29-27(20-7-9-25(23(35)13-20)47-33-40-11-10-18(3)43-33)28-30(48-29)22(15-42-31(28)39)24-16-45(4)32(44-24)34(36,37)38/h5-13,15-16H,1,14H2,2-4H3,(H2,39,42)(H,41,46). The predicted octanol–water partition coefficient (Wildman–Crippen LogP) is 7.77. The van der Waals surface area contributed by atoms with Gasteiger partial charge in [-0.25, -0.2) is 24.3 Å². The van der Waals surface area contributed by atoms with Gasteiger partial charge in [-0.05, 0) is 60.4 Å². The third-order valence-electron chi connectivity index (χ3n) is 7.53. The van der Waals surface area contributed by atoms with Crippen LogP contribution in [0.25, 0.3) is 42.9 Å². The van der Waals surface area contributed by atoms with Crippen LogP contribution in [0.1, 0.15) is 22.6 Å². The van der Waals surface area contributed by atoms with Crippen molar-refractivity contribution >= 4 is 33.1 Å². The molecule has 0 atom stereocenters. The SMILES string of the molecule is C=CC(=O)NCc1ccc(-c2sc3c(-c4cn(C)c(C(F)(F)F)n4)cnc(N)c3c2-c2ccc(Oc3nccc(C)n3)c(F)c2)c(C)c1. The van der Waals surface area contributed by atoms with Gasteiger partial charge in [0.1, 0.15) is 5.82 Å². The van der Waals surface area contributed by atoms with Crippen molar-refractivity contribution in [3.05, 3.63) is 102 Å². The number of nitrogens with two attached hydrogens (primary N) is 1. The van der Waals surface area contributed by atoms with Crippen LogP contribution in [-0.2, 0) is 24.6 Å². The van der Waals surface area contributed by atoms with Crippen molar-refractivity contribution in [2.45, 2.75) is 26.6 Å². The number of thiophene rings is 1. The zero-order chi connectivity index (χ0) is 34.3. The maximum absolute atomic E-state index is 15.7. The molecule has 0 spiro atoms. The summed E-state index contributed by atoms with van der Waals surface area (Å²) in [5.74, 6) is -2.08. The molecule has 0 bridgehead atoms. The number of nitrogens with one attached hydrogen (secondary N) is 1. The van der Waals surface area contributed by atoms with Crippen molar-refractivity contribution in [1.82, 2.24) is 29.8 Å². The number of ether oxygens (including phenoxy) is 1. The van der Waals surface area contributed by atoms with Gasteiger partial charge in [0.2, 0.25) is 11.7 Å². The molecule has 6 rings (SSSR count). The lowest BCUT2D eigenvalue weighted by molar-refractivity contribution is -0.146. The largest absolute Gasteiger partial charge is 0.449 e. The van der Waals surface area contributed by atoms with Crippen molar-refractivity contribution in [1.29, 1.82) is 0 Å². The third kappa shape index (κ3) is 6.21. The Labute approximate surface area is 275 Å². The fourth-order valence-corrected chi connectivity index (χ4v) is 6.73. The van der Waals surface area contributed by atoms with Gasteiger partial charge in [0.15, 0.2) is 11.6 Å². The minimum Gasteiger partial charge on any atom is -0.421 e. The number of fused-ring (bicyclic) bond motifs is 1. The third-order valence-corrected chi connectivity index (χ3v) is 8.79. The molecule has 0 aliphatic rings. The smallest absolute Gasteiger partial charge is 0.421 e. The second-order valence-electron chi connectivity index (χ2n) is 10.9. The number of nitrogen functional groups attached to an aromatic ring is 1. The number of hydrogen-bond acceptors (Lipinski definition) is 8. The van der Waals surface area contributed by atoms with E-state index in [9.17, 15) is 18.0 Å². The Hall–Kier alpha value is -5.63. The van der Waals surface area contributed by atoms with E-state index >= 15 is 4.39 Å². The molecule has 48 heavy (non-hydrogen) atoms. The molecule has 0 unspecified atom stereocenters. The highest BCUT2D eigenvalue weighted by atomic mass is 32.1. The molecule has 0 fully saturated rings. The minimum atomic E-state index is -4.67. The summed E-state index contributed by atoms with van der Waals surface area (Å²) in [6.07, 6.45) is 0.686.